The highest BCUT2D eigenvalue weighted by Crippen LogP contribution is 2.36. The van der Waals surface area contributed by atoms with E-state index in [9.17, 15) is 17.6 Å². The van der Waals surface area contributed by atoms with Gasteiger partial charge in [-0.25, -0.2) is 12.8 Å². The minimum Gasteiger partial charge on any atom is -0.495 e. The van der Waals surface area contributed by atoms with E-state index in [-0.39, 0.29) is 23.6 Å². The molecule has 1 heterocycles. The number of rotatable bonds is 5. The van der Waals surface area contributed by atoms with Crippen LogP contribution in [0, 0.1) is 5.82 Å². The van der Waals surface area contributed by atoms with Gasteiger partial charge in [-0.1, -0.05) is 12.1 Å². The first kappa shape index (κ1) is 17.2. The molecule has 0 fully saturated rings. The van der Waals surface area contributed by atoms with Gasteiger partial charge < -0.3 is 9.84 Å². The zero-order valence-electron chi connectivity index (χ0n) is 13.4. The van der Waals surface area contributed by atoms with E-state index < -0.39 is 21.8 Å². The first-order chi connectivity index (χ1) is 11.8. The van der Waals surface area contributed by atoms with E-state index in [4.69, 9.17) is 9.84 Å². The Hall–Kier alpha value is -2.61. The summed E-state index contributed by atoms with van der Waals surface area (Å²) in [7, 11) is -2.69. The summed E-state index contributed by atoms with van der Waals surface area (Å²) in [4.78, 5) is 10.8. The molecule has 1 N–H and O–H groups in total. The maximum Gasteiger partial charge on any atom is 0.307 e. The van der Waals surface area contributed by atoms with Crippen LogP contribution in [-0.4, -0.2) is 33.1 Å². The molecular weight excluding hydrogens is 349 g/mol. The van der Waals surface area contributed by atoms with Crippen LogP contribution >= 0.6 is 0 Å². The third-order valence-corrected chi connectivity index (χ3v) is 5.89. The SMILES string of the molecule is COc1ccc(CC(=O)O)cc1S(=O)(=O)N1CCc2ccc(F)cc21. The van der Waals surface area contributed by atoms with E-state index >= 15 is 0 Å². The molecule has 0 aromatic heterocycles. The number of nitrogens with zero attached hydrogens (tertiary/aromatic N) is 1. The smallest absolute Gasteiger partial charge is 0.307 e. The second-order valence-electron chi connectivity index (χ2n) is 5.66. The number of halogens is 1. The van der Waals surface area contributed by atoms with Gasteiger partial charge in [-0.2, -0.15) is 0 Å². The van der Waals surface area contributed by atoms with Gasteiger partial charge in [0.05, 0.1) is 19.2 Å². The summed E-state index contributed by atoms with van der Waals surface area (Å²) < 4.78 is 46.0. The lowest BCUT2D eigenvalue weighted by Crippen LogP contribution is -2.29. The molecule has 0 saturated heterocycles. The van der Waals surface area contributed by atoms with Crippen molar-refractivity contribution in [2.24, 2.45) is 0 Å². The molecule has 0 spiro atoms. The van der Waals surface area contributed by atoms with Crippen LogP contribution in [0.2, 0.25) is 0 Å². The average molecular weight is 365 g/mol. The van der Waals surface area contributed by atoms with E-state index in [1.807, 2.05) is 0 Å². The number of carbonyl (C=O) groups is 1. The third-order valence-electron chi connectivity index (χ3n) is 4.05. The zero-order valence-corrected chi connectivity index (χ0v) is 14.2. The van der Waals surface area contributed by atoms with E-state index in [1.54, 1.807) is 6.07 Å². The number of ether oxygens (including phenoxy) is 1. The molecule has 1 aliphatic rings. The van der Waals surface area contributed by atoms with Crippen LogP contribution in [0.15, 0.2) is 41.3 Å². The van der Waals surface area contributed by atoms with E-state index in [2.05, 4.69) is 0 Å². The summed E-state index contributed by atoms with van der Waals surface area (Å²) in [6, 6.07) is 8.27. The van der Waals surface area contributed by atoms with Crippen molar-refractivity contribution in [1.82, 2.24) is 0 Å². The van der Waals surface area contributed by atoms with Crippen LogP contribution in [0.25, 0.3) is 0 Å². The Kier molecular flexibility index (Phi) is 4.38. The number of benzene rings is 2. The standard InChI is InChI=1S/C17H16FNO5S/c1-24-15-5-2-11(9-17(20)21)8-16(15)25(22,23)19-7-6-12-3-4-13(18)10-14(12)19/h2-5,8,10H,6-7,9H2,1H3,(H,20,21). The highest BCUT2D eigenvalue weighted by molar-refractivity contribution is 7.93. The zero-order chi connectivity index (χ0) is 18.2. The number of anilines is 1. The number of methoxy groups -OCH3 is 1. The molecule has 8 heteroatoms. The molecule has 0 amide bonds. The van der Waals surface area contributed by atoms with Crippen LogP contribution < -0.4 is 9.04 Å². The third kappa shape index (κ3) is 3.17. The Balaban J connectivity index is 2.09. The van der Waals surface area contributed by atoms with Crippen molar-refractivity contribution >= 4 is 21.7 Å². The maximum absolute atomic E-state index is 13.6. The topological polar surface area (TPSA) is 83.9 Å². The first-order valence-electron chi connectivity index (χ1n) is 7.53. The van der Waals surface area contributed by atoms with Gasteiger partial charge in [0.25, 0.3) is 10.0 Å². The van der Waals surface area contributed by atoms with Crippen LogP contribution in [-0.2, 0) is 27.7 Å². The predicted octanol–water partition coefficient (Wildman–Crippen LogP) is 2.21. The number of carboxylic acid groups (broad SMARTS) is 1. The molecule has 0 radical (unpaired) electrons. The number of hydrogen-bond acceptors (Lipinski definition) is 4. The van der Waals surface area contributed by atoms with E-state index in [1.165, 1.54) is 37.4 Å². The normalized spacial score (nSPS) is 13.6. The average Bonchev–Trinajstić information content (AvgIpc) is 2.98. The molecule has 2 aromatic carbocycles. The molecule has 0 unspecified atom stereocenters. The fourth-order valence-electron chi connectivity index (χ4n) is 2.90. The molecule has 0 aliphatic carbocycles. The Morgan fingerprint density at radius 2 is 2.04 bits per heavy atom. The lowest BCUT2D eigenvalue weighted by Gasteiger charge is -2.21. The highest BCUT2D eigenvalue weighted by atomic mass is 32.2. The molecule has 0 saturated carbocycles. The molecule has 2 aromatic rings. The van der Waals surface area contributed by atoms with Gasteiger partial charge >= 0.3 is 5.97 Å². The van der Waals surface area contributed by atoms with Gasteiger partial charge in [-0.3, -0.25) is 9.10 Å². The van der Waals surface area contributed by atoms with Crippen molar-refractivity contribution in [1.29, 1.82) is 0 Å². The minimum atomic E-state index is -4.02. The van der Waals surface area contributed by atoms with Crippen molar-refractivity contribution in [2.45, 2.75) is 17.7 Å². The van der Waals surface area contributed by atoms with Crippen LogP contribution in [0.1, 0.15) is 11.1 Å². The first-order valence-corrected chi connectivity index (χ1v) is 8.97. The van der Waals surface area contributed by atoms with Crippen molar-refractivity contribution in [2.75, 3.05) is 18.0 Å². The quantitative estimate of drug-likeness (QED) is 0.878. The summed E-state index contributed by atoms with van der Waals surface area (Å²) in [5.74, 6) is -1.48. The van der Waals surface area contributed by atoms with Crippen molar-refractivity contribution < 1.29 is 27.4 Å². The van der Waals surface area contributed by atoms with Crippen LogP contribution in [0.3, 0.4) is 0 Å². The predicted molar refractivity (Wildman–Crippen MR) is 89.0 cm³/mol. The number of carboxylic acids is 1. The lowest BCUT2D eigenvalue weighted by atomic mass is 10.1. The van der Waals surface area contributed by atoms with Gasteiger partial charge in [0, 0.05) is 6.54 Å². The fraction of sp³-hybridized carbons (Fsp3) is 0.235. The van der Waals surface area contributed by atoms with E-state index in [0.29, 0.717) is 17.7 Å². The van der Waals surface area contributed by atoms with E-state index in [0.717, 1.165) is 9.87 Å². The summed E-state index contributed by atoms with van der Waals surface area (Å²) in [6.45, 7) is 0.188. The Morgan fingerprint density at radius 3 is 2.72 bits per heavy atom. The minimum absolute atomic E-state index is 0.110. The van der Waals surface area contributed by atoms with Gasteiger partial charge in [0.1, 0.15) is 16.5 Å². The second-order valence-corrected chi connectivity index (χ2v) is 7.49. The summed E-state index contributed by atoms with van der Waals surface area (Å²) >= 11 is 0. The molecule has 0 bridgehead atoms. The van der Waals surface area contributed by atoms with Crippen molar-refractivity contribution in [3.05, 3.63) is 53.3 Å². The Morgan fingerprint density at radius 1 is 1.28 bits per heavy atom. The largest absolute Gasteiger partial charge is 0.495 e. The molecule has 132 valence electrons. The van der Waals surface area contributed by atoms with Crippen molar-refractivity contribution in [3.63, 3.8) is 0 Å². The Labute approximate surface area is 144 Å². The number of aliphatic carboxylic acids is 1. The molecule has 1 aliphatic heterocycles. The monoisotopic (exact) mass is 365 g/mol. The van der Waals surface area contributed by atoms with Crippen LogP contribution in [0.5, 0.6) is 5.75 Å². The molecular formula is C17H16FNO5S. The molecule has 6 nitrogen and oxygen atoms in total. The lowest BCUT2D eigenvalue weighted by molar-refractivity contribution is -0.136. The Bertz CT molecular complexity index is 942. The van der Waals surface area contributed by atoms with Crippen LogP contribution in [0.4, 0.5) is 10.1 Å². The fourth-order valence-corrected chi connectivity index (χ4v) is 4.60. The number of hydrogen-bond donors (Lipinski definition) is 1. The second kappa shape index (κ2) is 6.36. The van der Waals surface area contributed by atoms with Gasteiger partial charge in [-0.05, 0) is 41.8 Å². The summed E-state index contributed by atoms with van der Waals surface area (Å²) in [5, 5.41) is 8.93. The molecule has 3 rings (SSSR count). The molecule has 25 heavy (non-hydrogen) atoms. The maximum atomic E-state index is 13.6. The molecule has 0 atom stereocenters. The van der Waals surface area contributed by atoms with Gasteiger partial charge in [-0.15, -0.1) is 0 Å². The highest BCUT2D eigenvalue weighted by Gasteiger charge is 2.33. The van der Waals surface area contributed by atoms with Gasteiger partial charge in [0.15, 0.2) is 0 Å². The summed E-state index contributed by atoms with van der Waals surface area (Å²) in [6.07, 6.45) is 0.170. The summed E-state index contributed by atoms with van der Waals surface area (Å²) in [5.41, 5.74) is 1.38. The van der Waals surface area contributed by atoms with Crippen molar-refractivity contribution in [3.8, 4) is 5.75 Å². The number of fused-ring (bicyclic) bond motifs is 1. The van der Waals surface area contributed by atoms with Gasteiger partial charge in [0.2, 0.25) is 0 Å². The number of sulfonamides is 1.